The van der Waals surface area contributed by atoms with Gasteiger partial charge in [0.2, 0.25) is 0 Å². The van der Waals surface area contributed by atoms with Crippen molar-refractivity contribution in [1.82, 2.24) is 9.55 Å². The molecule has 1 saturated carbocycles. The molecule has 2 aromatic heterocycles. The van der Waals surface area contributed by atoms with Crippen molar-refractivity contribution in [2.75, 3.05) is 10.6 Å². The number of halogens is 1. The average Bonchev–Trinajstić information content (AvgIpc) is 3.06. The number of rotatable bonds is 5. The normalized spacial score (nSPS) is 19.3. The van der Waals surface area contributed by atoms with Gasteiger partial charge in [-0.05, 0) is 43.2 Å². The van der Waals surface area contributed by atoms with E-state index in [2.05, 4.69) is 15.6 Å². The number of nitrogens with one attached hydrogen (secondary N) is 2. The molecule has 152 valence electrons. The molecule has 1 aliphatic carbocycles. The Balaban J connectivity index is 1.67. The number of benzene rings is 1. The van der Waals surface area contributed by atoms with Crippen molar-refractivity contribution in [2.24, 2.45) is 18.5 Å². The molecule has 0 saturated heterocycles. The Hall–Kier alpha value is -3.13. The highest BCUT2D eigenvalue weighted by Gasteiger charge is 2.24. The van der Waals surface area contributed by atoms with Gasteiger partial charge in [0.25, 0.3) is 5.91 Å². The molecule has 29 heavy (non-hydrogen) atoms. The summed E-state index contributed by atoms with van der Waals surface area (Å²) in [7, 11) is 1.97. The highest BCUT2D eigenvalue weighted by atomic mass is 19.1. The van der Waals surface area contributed by atoms with Crippen LogP contribution in [-0.4, -0.2) is 27.5 Å². The van der Waals surface area contributed by atoms with Gasteiger partial charge in [-0.25, -0.2) is 9.37 Å². The van der Waals surface area contributed by atoms with Crippen LogP contribution in [0.5, 0.6) is 0 Å². The molecule has 2 atom stereocenters. The predicted molar refractivity (Wildman–Crippen MR) is 113 cm³/mol. The molecule has 0 aliphatic heterocycles. The van der Waals surface area contributed by atoms with Crippen LogP contribution in [0.1, 0.15) is 36.0 Å². The summed E-state index contributed by atoms with van der Waals surface area (Å²) in [5.41, 5.74) is 13.4. The number of primary amides is 1. The van der Waals surface area contributed by atoms with E-state index in [-0.39, 0.29) is 29.3 Å². The molecule has 1 aliphatic rings. The number of aryl methyl sites for hydroxylation is 1. The topological polar surface area (TPSA) is 111 Å². The third kappa shape index (κ3) is 3.88. The maximum Gasteiger partial charge on any atom is 0.252 e. The molecule has 0 unspecified atom stereocenters. The minimum atomic E-state index is -0.749. The predicted octanol–water partition coefficient (Wildman–Crippen LogP) is 3.24. The Kier molecular flexibility index (Phi) is 5.10. The molecule has 2 heterocycles. The summed E-state index contributed by atoms with van der Waals surface area (Å²) in [6, 6.07) is 8.78. The Morgan fingerprint density at radius 1 is 1.21 bits per heavy atom. The smallest absolute Gasteiger partial charge is 0.252 e. The van der Waals surface area contributed by atoms with Crippen LogP contribution in [0.2, 0.25) is 0 Å². The number of pyridine rings is 1. The van der Waals surface area contributed by atoms with Crippen molar-refractivity contribution < 1.29 is 9.18 Å². The van der Waals surface area contributed by atoms with Crippen LogP contribution in [0.4, 0.5) is 21.7 Å². The second-order valence-electron chi connectivity index (χ2n) is 7.60. The first-order valence-electron chi connectivity index (χ1n) is 9.77. The van der Waals surface area contributed by atoms with Gasteiger partial charge in [-0.1, -0.05) is 12.8 Å². The summed E-state index contributed by atoms with van der Waals surface area (Å²) >= 11 is 0. The van der Waals surface area contributed by atoms with Crippen LogP contribution in [-0.2, 0) is 7.05 Å². The Morgan fingerprint density at radius 2 is 2.00 bits per heavy atom. The minimum absolute atomic E-state index is 0.00542. The maximum absolute atomic E-state index is 14.6. The van der Waals surface area contributed by atoms with E-state index < -0.39 is 11.7 Å². The first kappa shape index (κ1) is 19.2. The zero-order valence-corrected chi connectivity index (χ0v) is 16.3. The number of amides is 1. The molecule has 7 nitrogen and oxygen atoms in total. The molecule has 8 heteroatoms. The monoisotopic (exact) mass is 396 g/mol. The lowest BCUT2D eigenvalue weighted by atomic mass is 9.91. The van der Waals surface area contributed by atoms with Crippen molar-refractivity contribution in [3.8, 4) is 0 Å². The SMILES string of the molecule is Cn1ccc2cc(Nc3nc(N[C@@H]4CCCC[C@@H]4N)c(F)cc3C(N)=O)ccc21. The fourth-order valence-corrected chi connectivity index (χ4v) is 3.88. The van der Waals surface area contributed by atoms with Crippen molar-refractivity contribution in [3.05, 3.63) is 47.9 Å². The highest BCUT2D eigenvalue weighted by Crippen LogP contribution is 2.28. The molecule has 1 aromatic carbocycles. The second kappa shape index (κ2) is 7.71. The van der Waals surface area contributed by atoms with E-state index in [9.17, 15) is 9.18 Å². The maximum atomic E-state index is 14.6. The first-order chi connectivity index (χ1) is 13.9. The molecule has 0 radical (unpaired) electrons. The summed E-state index contributed by atoms with van der Waals surface area (Å²) in [5.74, 6) is -1.09. The summed E-state index contributed by atoms with van der Waals surface area (Å²) in [6.07, 6.45) is 5.82. The van der Waals surface area contributed by atoms with Crippen molar-refractivity contribution in [1.29, 1.82) is 0 Å². The van der Waals surface area contributed by atoms with E-state index >= 15 is 0 Å². The molecule has 1 amide bonds. The zero-order valence-electron chi connectivity index (χ0n) is 16.3. The van der Waals surface area contributed by atoms with E-state index in [0.29, 0.717) is 0 Å². The standard InChI is InChI=1S/C21H25FN6O/c1-28-9-8-12-10-13(6-7-18(12)28)25-20-14(19(24)29)11-15(22)21(27-20)26-17-5-3-2-4-16(17)23/h6-11,16-17H,2-5,23H2,1H3,(H2,24,29)(H2,25,26,27)/t16-,17+/m0/s1. The van der Waals surface area contributed by atoms with E-state index in [1.54, 1.807) is 0 Å². The zero-order chi connectivity index (χ0) is 20.5. The molecule has 0 bridgehead atoms. The van der Waals surface area contributed by atoms with Crippen LogP contribution < -0.4 is 22.1 Å². The Labute approximate surface area is 168 Å². The van der Waals surface area contributed by atoms with Gasteiger partial charge in [0.15, 0.2) is 11.6 Å². The lowest BCUT2D eigenvalue weighted by Crippen LogP contribution is -2.43. The number of carbonyl (C=O) groups is 1. The highest BCUT2D eigenvalue weighted by molar-refractivity contribution is 5.99. The summed E-state index contributed by atoms with van der Waals surface area (Å²) in [5, 5.41) is 7.26. The quantitative estimate of drug-likeness (QED) is 0.529. The Morgan fingerprint density at radius 3 is 2.76 bits per heavy atom. The number of nitrogens with two attached hydrogens (primary N) is 2. The number of fused-ring (bicyclic) bond motifs is 1. The number of hydrogen-bond acceptors (Lipinski definition) is 5. The third-order valence-corrected chi connectivity index (χ3v) is 5.53. The molecule has 6 N–H and O–H groups in total. The number of carbonyl (C=O) groups excluding carboxylic acids is 1. The third-order valence-electron chi connectivity index (χ3n) is 5.53. The summed E-state index contributed by atoms with van der Waals surface area (Å²) in [4.78, 5) is 16.2. The molecule has 3 aromatic rings. The second-order valence-corrected chi connectivity index (χ2v) is 7.60. The number of anilines is 3. The van der Waals surface area contributed by atoms with Gasteiger partial charge >= 0.3 is 0 Å². The van der Waals surface area contributed by atoms with Crippen molar-refractivity contribution in [2.45, 2.75) is 37.8 Å². The van der Waals surface area contributed by atoms with Crippen LogP contribution in [0.25, 0.3) is 10.9 Å². The fourth-order valence-electron chi connectivity index (χ4n) is 3.88. The van der Waals surface area contributed by atoms with Crippen LogP contribution in [0.3, 0.4) is 0 Å². The average molecular weight is 396 g/mol. The van der Waals surface area contributed by atoms with Crippen LogP contribution >= 0.6 is 0 Å². The molecular weight excluding hydrogens is 371 g/mol. The van der Waals surface area contributed by atoms with Gasteiger partial charge in [0.1, 0.15) is 5.82 Å². The molecule has 1 fully saturated rings. The minimum Gasteiger partial charge on any atom is -0.365 e. The van der Waals surface area contributed by atoms with Crippen LogP contribution in [0, 0.1) is 5.82 Å². The lowest BCUT2D eigenvalue weighted by molar-refractivity contribution is 0.100. The first-order valence-corrected chi connectivity index (χ1v) is 9.77. The fraction of sp³-hybridized carbons (Fsp3) is 0.333. The van der Waals surface area contributed by atoms with Gasteiger partial charge in [0.05, 0.1) is 5.56 Å². The summed E-state index contributed by atoms with van der Waals surface area (Å²) in [6.45, 7) is 0. The molecule has 0 spiro atoms. The number of aromatic nitrogens is 2. The number of nitrogens with zero attached hydrogens (tertiary/aromatic N) is 2. The molecule has 4 rings (SSSR count). The van der Waals surface area contributed by atoms with Gasteiger partial charge < -0.3 is 26.7 Å². The van der Waals surface area contributed by atoms with Gasteiger partial charge in [-0.15, -0.1) is 0 Å². The lowest BCUT2D eigenvalue weighted by Gasteiger charge is -2.30. The Bertz CT molecular complexity index is 1060. The van der Waals surface area contributed by atoms with Crippen molar-refractivity contribution in [3.63, 3.8) is 0 Å². The summed E-state index contributed by atoms with van der Waals surface area (Å²) < 4.78 is 16.6. The number of hydrogen-bond donors (Lipinski definition) is 4. The molecular formula is C21H25FN6O. The van der Waals surface area contributed by atoms with Gasteiger partial charge in [-0.2, -0.15) is 0 Å². The van der Waals surface area contributed by atoms with Gasteiger partial charge in [-0.3, -0.25) is 4.79 Å². The van der Waals surface area contributed by atoms with E-state index in [1.165, 1.54) is 0 Å². The van der Waals surface area contributed by atoms with E-state index in [4.69, 9.17) is 11.5 Å². The van der Waals surface area contributed by atoms with E-state index in [0.717, 1.165) is 48.3 Å². The van der Waals surface area contributed by atoms with E-state index in [1.807, 2.05) is 42.1 Å². The van der Waals surface area contributed by atoms with Crippen molar-refractivity contribution >= 4 is 34.1 Å². The van der Waals surface area contributed by atoms with Gasteiger partial charge in [0, 0.05) is 41.9 Å². The largest absolute Gasteiger partial charge is 0.365 e. The van der Waals surface area contributed by atoms with Crippen LogP contribution in [0.15, 0.2) is 36.5 Å².